The van der Waals surface area contributed by atoms with Gasteiger partial charge >= 0.3 is 0 Å². The van der Waals surface area contributed by atoms with Crippen LogP contribution in [0.25, 0.3) is 5.69 Å². The van der Waals surface area contributed by atoms with E-state index < -0.39 is 17.7 Å². The lowest BCUT2D eigenvalue weighted by atomic mass is 9.90. The third-order valence-electron chi connectivity index (χ3n) is 6.05. The highest BCUT2D eigenvalue weighted by Gasteiger charge is 2.42. The second-order valence-corrected chi connectivity index (χ2v) is 9.58. The molecule has 0 saturated carbocycles. The zero-order chi connectivity index (χ0) is 26.8. The molecule has 4 aromatic rings. The number of aromatic nitrogens is 3. The van der Waals surface area contributed by atoms with Gasteiger partial charge in [0.25, 0.3) is 11.5 Å². The molecule has 0 N–H and O–H groups in total. The summed E-state index contributed by atoms with van der Waals surface area (Å²) in [6.45, 7) is 0.0583. The maximum atomic E-state index is 13.7. The van der Waals surface area contributed by atoms with Crippen LogP contribution in [-0.2, 0) is 17.8 Å². The summed E-state index contributed by atoms with van der Waals surface area (Å²) in [5.41, 5.74) is 1.78. The predicted molar refractivity (Wildman–Crippen MR) is 142 cm³/mol. The van der Waals surface area contributed by atoms with Crippen molar-refractivity contribution in [3.05, 3.63) is 116 Å². The Morgan fingerprint density at radius 2 is 1.55 bits per heavy atom. The summed E-state index contributed by atoms with van der Waals surface area (Å²) in [5, 5.41) is 14.2. The highest BCUT2D eigenvalue weighted by molar-refractivity contribution is 6.48. The number of rotatable bonds is 5. The first-order valence-electron chi connectivity index (χ1n) is 11.4. The Labute approximate surface area is 232 Å². The third kappa shape index (κ3) is 4.79. The quantitative estimate of drug-likeness (QED) is 0.190. The Kier molecular flexibility index (Phi) is 7.25. The number of carbonyl (C=O) groups excluding carboxylic acids is 2. The van der Waals surface area contributed by atoms with Gasteiger partial charge in [0.2, 0.25) is 12.1 Å². The molecule has 0 saturated heterocycles. The van der Waals surface area contributed by atoms with Gasteiger partial charge < -0.3 is 0 Å². The van der Waals surface area contributed by atoms with Crippen LogP contribution in [0.4, 0.5) is 0 Å². The van der Waals surface area contributed by atoms with Crippen LogP contribution in [0.1, 0.15) is 33.2 Å². The summed E-state index contributed by atoms with van der Waals surface area (Å²) < 4.78 is 1.15. The topological polar surface area (TPSA) is 104 Å². The molecular weight excluding hydrogens is 547 g/mol. The zero-order valence-corrected chi connectivity index (χ0v) is 21.8. The van der Waals surface area contributed by atoms with Gasteiger partial charge in [-0.25, -0.2) is 4.98 Å². The second kappa shape index (κ2) is 10.8. The fourth-order valence-corrected chi connectivity index (χ4v) is 4.85. The minimum atomic E-state index is -0.840. The lowest BCUT2D eigenvalue weighted by Gasteiger charge is -2.31. The van der Waals surface area contributed by atoms with E-state index in [1.807, 2.05) is 60.7 Å². The fraction of sp³-hybridized carbons (Fsp3) is 0.111. The zero-order valence-electron chi connectivity index (χ0n) is 19.6. The van der Waals surface area contributed by atoms with Crippen LogP contribution in [0.2, 0.25) is 15.1 Å². The summed E-state index contributed by atoms with van der Waals surface area (Å²) in [4.78, 5) is 36.9. The van der Waals surface area contributed by atoms with Gasteiger partial charge in [-0.2, -0.15) is 15.0 Å². The molecule has 0 bridgehead atoms. The van der Waals surface area contributed by atoms with Crippen LogP contribution in [0.3, 0.4) is 0 Å². The van der Waals surface area contributed by atoms with Crippen LogP contribution >= 0.6 is 34.8 Å². The molecule has 1 aliphatic rings. The Balaban J connectivity index is 1.72. The number of hydrogen-bond donors (Lipinski definition) is 0. The monoisotopic (exact) mass is 562 g/mol. The van der Waals surface area contributed by atoms with E-state index in [0.717, 1.165) is 15.8 Å². The number of amides is 2. The SMILES string of the molecule is N#CN=c1nc2c(nn1-c1ccc(Cl)c(Cl)c1Cl)C(=O)N(Cc1ccccc1)C(=O)C2Cc1ccccc1. The van der Waals surface area contributed by atoms with Crippen molar-refractivity contribution in [2.24, 2.45) is 4.99 Å². The standard InChI is InChI=1S/C27H17Cl3N6O2/c28-19-11-12-20(22(30)21(19)29)36-27(32-15-31)33-23-18(13-16-7-3-1-4-8-16)25(37)35(26(38)24(23)34-36)14-17-9-5-2-6-10-17/h1-12,18H,13-14H2. The normalized spacial score (nSPS) is 15.4. The van der Waals surface area contributed by atoms with E-state index in [4.69, 9.17) is 34.8 Å². The second-order valence-electron chi connectivity index (χ2n) is 8.42. The van der Waals surface area contributed by atoms with Gasteiger partial charge in [0.15, 0.2) is 5.69 Å². The van der Waals surface area contributed by atoms with Gasteiger partial charge in [-0.3, -0.25) is 14.5 Å². The summed E-state index contributed by atoms with van der Waals surface area (Å²) in [6.07, 6.45) is 1.96. The van der Waals surface area contributed by atoms with E-state index in [0.29, 0.717) is 0 Å². The molecule has 1 atom stereocenters. The molecule has 0 aliphatic carbocycles. The van der Waals surface area contributed by atoms with Crippen molar-refractivity contribution in [1.82, 2.24) is 19.7 Å². The van der Waals surface area contributed by atoms with E-state index in [1.54, 1.807) is 6.19 Å². The fourth-order valence-electron chi connectivity index (χ4n) is 4.24. The molecule has 3 aromatic carbocycles. The number of benzene rings is 3. The molecule has 11 heteroatoms. The molecule has 0 fully saturated rings. The lowest BCUT2D eigenvalue weighted by Crippen LogP contribution is -2.48. The Morgan fingerprint density at radius 3 is 2.21 bits per heavy atom. The van der Waals surface area contributed by atoms with Crippen LogP contribution < -0.4 is 5.62 Å². The number of imide groups is 1. The molecular formula is C27H17Cl3N6O2. The Bertz CT molecular complexity index is 1670. The molecule has 38 heavy (non-hydrogen) atoms. The van der Waals surface area contributed by atoms with Crippen LogP contribution in [0, 0.1) is 11.5 Å². The summed E-state index contributed by atoms with van der Waals surface area (Å²) in [5.74, 6) is -1.88. The predicted octanol–water partition coefficient (Wildman–Crippen LogP) is 5.12. The first kappa shape index (κ1) is 25.6. The number of nitriles is 1. The summed E-state index contributed by atoms with van der Waals surface area (Å²) in [7, 11) is 0. The van der Waals surface area contributed by atoms with Gasteiger partial charge in [0, 0.05) is 0 Å². The molecule has 2 amide bonds. The molecule has 1 aromatic heterocycles. The highest BCUT2D eigenvalue weighted by atomic mass is 35.5. The molecule has 1 aliphatic heterocycles. The number of nitrogens with zero attached hydrogens (tertiary/aromatic N) is 6. The minimum Gasteiger partial charge on any atom is -0.274 e. The van der Waals surface area contributed by atoms with Crippen molar-refractivity contribution in [1.29, 1.82) is 5.26 Å². The smallest absolute Gasteiger partial charge is 0.274 e. The van der Waals surface area contributed by atoms with Crippen LogP contribution in [0.5, 0.6) is 0 Å². The van der Waals surface area contributed by atoms with Gasteiger partial charge in [-0.15, -0.1) is 4.99 Å². The van der Waals surface area contributed by atoms with Crippen molar-refractivity contribution in [3.8, 4) is 11.9 Å². The van der Waals surface area contributed by atoms with Crippen molar-refractivity contribution >= 4 is 46.6 Å². The van der Waals surface area contributed by atoms with E-state index in [2.05, 4.69) is 15.1 Å². The summed E-state index contributed by atoms with van der Waals surface area (Å²) in [6, 6.07) is 21.6. The van der Waals surface area contributed by atoms with Gasteiger partial charge in [-0.05, 0) is 29.7 Å². The Hall–Kier alpha value is -4.03. The number of hydrogen-bond acceptors (Lipinski definition) is 6. The largest absolute Gasteiger partial charge is 0.283 e. The van der Waals surface area contributed by atoms with E-state index >= 15 is 0 Å². The van der Waals surface area contributed by atoms with E-state index in [9.17, 15) is 14.9 Å². The number of fused-ring (bicyclic) bond motifs is 1. The average Bonchev–Trinajstić information content (AvgIpc) is 2.93. The van der Waals surface area contributed by atoms with E-state index in [1.165, 1.54) is 17.0 Å². The first-order valence-corrected chi connectivity index (χ1v) is 12.5. The van der Waals surface area contributed by atoms with Crippen LogP contribution in [-0.4, -0.2) is 31.5 Å². The average molecular weight is 564 g/mol. The molecule has 0 radical (unpaired) electrons. The van der Waals surface area contributed by atoms with Crippen LogP contribution in [0.15, 0.2) is 77.8 Å². The highest BCUT2D eigenvalue weighted by Crippen LogP contribution is 2.35. The minimum absolute atomic E-state index is 0.0362. The molecule has 188 valence electrons. The lowest BCUT2D eigenvalue weighted by molar-refractivity contribution is -0.131. The Morgan fingerprint density at radius 1 is 0.895 bits per heavy atom. The van der Waals surface area contributed by atoms with Gasteiger partial charge in [0.05, 0.1) is 38.9 Å². The number of halogens is 3. The van der Waals surface area contributed by atoms with Crippen molar-refractivity contribution in [3.63, 3.8) is 0 Å². The molecule has 0 spiro atoms. The van der Waals surface area contributed by atoms with Gasteiger partial charge in [0.1, 0.15) is 0 Å². The molecule has 8 nitrogen and oxygen atoms in total. The van der Waals surface area contributed by atoms with E-state index in [-0.39, 0.29) is 50.7 Å². The number of carbonyl (C=O) groups is 2. The van der Waals surface area contributed by atoms with Crippen molar-refractivity contribution in [2.75, 3.05) is 0 Å². The first-order chi connectivity index (χ1) is 18.4. The van der Waals surface area contributed by atoms with Gasteiger partial charge in [-0.1, -0.05) is 95.5 Å². The molecule has 2 heterocycles. The van der Waals surface area contributed by atoms with Crippen molar-refractivity contribution < 1.29 is 9.59 Å². The summed E-state index contributed by atoms with van der Waals surface area (Å²) >= 11 is 18.8. The molecule has 1 unspecified atom stereocenters. The molecule has 5 rings (SSSR count). The van der Waals surface area contributed by atoms with Crippen molar-refractivity contribution in [2.45, 2.75) is 18.9 Å². The third-order valence-corrected chi connectivity index (χ3v) is 7.34. The maximum absolute atomic E-state index is 13.7. The maximum Gasteiger partial charge on any atom is 0.283 e.